The number of amides is 1. The van der Waals surface area contributed by atoms with E-state index in [1.165, 1.54) is 66.9 Å². The van der Waals surface area contributed by atoms with Crippen molar-refractivity contribution in [2.24, 2.45) is 10.7 Å². The lowest BCUT2D eigenvalue weighted by Gasteiger charge is -2.15. The SMILES string of the molecule is NC(=O)c1ccc(N=CC(S(=O)(=O)c2ccccc2)S(=O)(=O)c2ccccc2)nc1. The molecule has 0 bridgehead atoms. The van der Waals surface area contributed by atoms with Crippen molar-refractivity contribution >= 4 is 37.6 Å². The molecule has 2 aromatic carbocycles. The maximum atomic E-state index is 13.2. The zero-order chi connectivity index (χ0) is 21.8. The Kier molecular flexibility index (Phi) is 6.09. The molecular weight excluding hydrogens is 426 g/mol. The van der Waals surface area contributed by atoms with Crippen LogP contribution in [0.1, 0.15) is 10.4 Å². The molecule has 0 unspecified atom stereocenters. The first-order valence-electron chi connectivity index (χ1n) is 8.61. The smallest absolute Gasteiger partial charge is 0.250 e. The average molecular weight is 444 g/mol. The number of aromatic nitrogens is 1. The summed E-state index contributed by atoms with van der Waals surface area (Å²) in [5.41, 5.74) is 5.29. The Labute approximate surface area is 174 Å². The van der Waals surface area contributed by atoms with Gasteiger partial charge < -0.3 is 5.73 Å². The molecule has 3 rings (SSSR count). The van der Waals surface area contributed by atoms with Crippen molar-refractivity contribution in [1.29, 1.82) is 0 Å². The summed E-state index contributed by atoms with van der Waals surface area (Å²) in [4.78, 5) is 18.7. The molecule has 1 amide bonds. The van der Waals surface area contributed by atoms with E-state index < -0.39 is 30.2 Å². The van der Waals surface area contributed by atoms with Gasteiger partial charge in [0.25, 0.3) is 0 Å². The van der Waals surface area contributed by atoms with Crippen LogP contribution in [0.4, 0.5) is 5.82 Å². The van der Waals surface area contributed by atoms with E-state index in [2.05, 4.69) is 9.98 Å². The lowest BCUT2D eigenvalue weighted by molar-refractivity contribution is 0.1000. The summed E-state index contributed by atoms with van der Waals surface area (Å²) in [6.07, 6.45) is 2.00. The predicted octanol–water partition coefficient (Wildman–Crippen LogP) is 2.16. The fraction of sp³-hybridized carbons (Fsp3) is 0.0500. The van der Waals surface area contributed by atoms with Gasteiger partial charge >= 0.3 is 0 Å². The lowest BCUT2D eigenvalue weighted by Crippen LogP contribution is -2.32. The molecule has 0 atom stereocenters. The third-order valence-corrected chi connectivity index (χ3v) is 8.96. The third kappa shape index (κ3) is 4.44. The van der Waals surface area contributed by atoms with Crippen molar-refractivity contribution in [3.63, 3.8) is 0 Å². The molecule has 0 radical (unpaired) electrons. The number of primary amides is 1. The van der Waals surface area contributed by atoms with E-state index in [0.29, 0.717) is 0 Å². The molecular formula is C20H17N3O5S2. The number of nitrogens with two attached hydrogens (primary N) is 1. The predicted molar refractivity (Wildman–Crippen MR) is 112 cm³/mol. The van der Waals surface area contributed by atoms with Gasteiger partial charge in [0.2, 0.25) is 30.2 Å². The highest BCUT2D eigenvalue weighted by atomic mass is 32.3. The number of hydrogen-bond donors (Lipinski definition) is 1. The number of rotatable bonds is 7. The Morgan fingerprint density at radius 2 is 1.33 bits per heavy atom. The maximum Gasteiger partial charge on any atom is 0.250 e. The Bertz CT molecular complexity index is 1200. The van der Waals surface area contributed by atoms with Crippen LogP contribution in [0.2, 0.25) is 0 Å². The van der Waals surface area contributed by atoms with Gasteiger partial charge in [-0.05, 0) is 36.4 Å². The van der Waals surface area contributed by atoms with Gasteiger partial charge in [0.05, 0.1) is 15.4 Å². The van der Waals surface area contributed by atoms with Crippen LogP contribution in [0.25, 0.3) is 0 Å². The van der Waals surface area contributed by atoms with E-state index in [1.807, 2.05) is 0 Å². The zero-order valence-electron chi connectivity index (χ0n) is 15.5. The molecule has 0 fully saturated rings. The van der Waals surface area contributed by atoms with Crippen LogP contribution in [0.5, 0.6) is 0 Å². The first-order valence-corrected chi connectivity index (χ1v) is 11.7. The molecule has 0 aliphatic carbocycles. The second-order valence-electron chi connectivity index (χ2n) is 6.13. The topological polar surface area (TPSA) is 137 Å². The molecule has 0 spiro atoms. The monoisotopic (exact) mass is 443 g/mol. The van der Waals surface area contributed by atoms with Gasteiger partial charge in [0.15, 0.2) is 5.82 Å². The van der Waals surface area contributed by atoms with Crippen molar-refractivity contribution in [2.45, 2.75) is 14.4 Å². The molecule has 0 aliphatic heterocycles. The highest BCUT2D eigenvalue weighted by Crippen LogP contribution is 2.25. The highest BCUT2D eigenvalue weighted by Gasteiger charge is 2.38. The van der Waals surface area contributed by atoms with Gasteiger partial charge in [-0.1, -0.05) is 36.4 Å². The average Bonchev–Trinajstić information content (AvgIpc) is 2.75. The van der Waals surface area contributed by atoms with Crippen LogP contribution in [0.15, 0.2) is 93.8 Å². The summed E-state index contributed by atoms with van der Waals surface area (Å²) >= 11 is 0. The fourth-order valence-corrected chi connectivity index (χ4v) is 6.61. The number of sulfone groups is 2. The van der Waals surface area contributed by atoms with Crippen LogP contribution in [0, 0.1) is 0 Å². The Hall–Kier alpha value is -3.37. The Balaban J connectivity index is 2.09. The molecule has 8 nitrogen and oxygen atoms in total. The summed E-state index contributed by atoms with van der Waals surface area (Å²) in [5, 5.41) is 0. The molecule has 30 heavy (non-hydrogen) atoms. The number of carbonyl (C=O) groups excluding carboxylic acids is 1. The van der Waals surface area contributed by atoms with Crippen molar-refractivity contribution in [3.05, 3.63) is 84.6 Å². The molecule has 154 valence electrons. The molecule has 1 heterocycles. The number of hydrogen-bond acceptors (Lipinski definition) is 7. The van der Waals surface area contributed by atoms with Crippen molar-refractivity contribution in [3.8, 4) is 0 Å². The second kappa shape index (κ2) is 8.56. The van der Waals surface area contributed by atoms with Gasteiger partial charge in [-0.3, -0.25) is 4.79 Å². The van der Waals surface area contributed by atoms with Gasteiger partial charge in [0, 0.05) is 12.4 Å². The molecule has 3 aromatic rings. The fourth-order valence-electron chi connectivity index (χ4n) is 2.56. The van der Waals surface area contributed by atoms with E-state index in [-0.39, 0.29) is 21.2 Å². The summed E-state index contributed by atoms with van der Waals surface area (Å²) in [7, 11) is -8.68. The number of pyridine rings is 1. The van der Waals surface area contributed by atoms with E-state index in [0.717, 1.165) is 6.21 Å². The standard InChI is InChI=1S/C20H17N3O5S2/c21-20(24)15-11-12-18(22-13-15)23-14-19(29(25,26)16-7-3-1-4-8-16)30(27,28)17-9-5-2-6-10-17/h1-14,19H,(H2,21,24). The van der Waals surface area contributed by atoms with Crippen molar-refractivity contribution in [2.75, 3.05) is 0 Å². The van der Waals surface area contributed by atoms with E-state index >= 15 is 0 Å². The van der Waals surface area contributed by atoms with Crippen LogP contribution >= 0.6 is 0 Å². The van der Waals surface area contributed by atoms with E-state index in [9.17, 15) is 21.6 Å². The quantitative estimate of drug-likeness (QED) is 0.556. The first-order chi connectivity index (χ1) is 14.2. The largest absolute Gasteiger partial charge is 0.366 e. The van der Waals surface area contributed by atoms with Crippen LogP contribution < -0.4 is 5.73 Å². The normalized spacial score (nSPS) is 12.3. The third-order valence-electron chi connectivity index (χ3n) is 4.12. The number of benzene rings is 2. The van der Waals surface area contributed by atoms with Crippen LogP contribution in [-0.4, -0.2) is 38.5 Å². The lowest BCUT2D eigenvalue weighted by atomic mass is 10.3. The van der Waals surface area contributed by atoms with Crippen LogP contribution in [0.3, 0.4) is 0 Å². The van der Waals surface area contributed by atoms with E-state index in [4.69, 9.17) is 5.73 Å². The zero-order valence-corrected chi connectivity index (χ0v) is 17.1. The molecule has 10 heteroatoms. The number of aliphatic imine (C=N–C) groups is 1. The molecule has 0 saturated heterocycles. The van der Waals surface area contributed by atoms with Crippen LogP contribution in [-0.2, 0) is 19.7 Å². The summed E-state index contributed by atoms with van der Waals surface area (Å²) in [6, 6.07) is 17.2. The molecule has 0 aliphatic rings. The number of carbonyl (C=O) groups is 1. The number of nitrogens with zero attached hydrogens (tertiary/aromatic N) is 2. The molecule has 1 aromatic heterocycles. The Morgan fingerprint density at radius 3 is 1.73 bits per heavy atom. The van der Waals surface area contributed by atoms with Gasteiger partial charge in [0.1, 0.15) is 0 Å². The maximum absolute atomic E-state index is 13.2. The van der Waals surface area contributed by atoms with Gasteiger partial charge in [-0.15, -0.1) is 0 Å². The second-order valence-corrected chi connectivity index (χ2v) is 10.6. The Morgan fingerprint density at radius 1 is 0.833 bits per heavy atom. The van der Waals surface area contributed by atoms with Crippen molar-refractivity contribution < 1.29 is 21.6 Å². The minimum atomic E-state index is -4.34. The summed E-state index contributed by atoms with van der Waals surface area (Å²) in [5.74, 6) is -0.661. The minimum absolute atomic E-state index is 0.0246. The highest BCUT2D eigenvalue weighted by molar-refractivity contribution is 8.10. The summed E-state index contributed by atoms with van der Waals surface area (Å²) in [6.45, 7) is 0. The minimum Gasteiger partial charge on any atom is -0.366 e. The van der Waals surface area contributed by atoms with E-state index in [1.54, 1.807) is 12.1 Å². The van der Waals surface area contributed by atoms with Gasteiger partial charge in [-0.2, -0.15) is 0 Å². The summed E-state index contributed by atoms with van der Waals surface area (Å²) < 4.78 is 50.7. The van der Waals surface area contributed by atoms with Gasteiger partial charge in [-0.25, -0.2) is 26.8 Å². The van der Waals surface area contributed by atoms with Crippen molar-refractivity contribution in [1.82, 2.24) is 4.98 Å². The molecule has 0 saturated carbocycles. The molecule has 2 N–H and O–H groups in total. The first kappa shape index (κ1) is 21.3.